The SMILES string of the molecule is COc1cc2c(Oc3ccc(NC(=O)C4(C(=O)Nc5ccc(F)cc5)CC4)cc3F)ccnc2cc1OCCC(=O)O.[Ca+2].[H-].[H-]. The Balaban J connectivity index is 0.00000235. The number of nitrogens with one attached hydrogen (secondary N) is 2. The standard InChI is InChI=1S/C30H25F2N3O7.Ca.2H/c1-40-25-15-20-22(16-26(25)41-13-9-27(36)37)33-12-8-23(20)42-24-7-6-19(14-21(24)32)35-29(39)30(10-11-30)28(38)34-18-4-2-17(31)3-5-18;;;/h2-8,12,14-16H,9-11,13H2,1H3,(H,34,38)(H,35,39)(H,36,37);;;/q;+2;2*-1. The number of ether oxygens (including phenoxy) is 3. The first-order valence-corrected chi connectivity index (χ1v) is 12.9. The maximum Gasteiger partial charge on any atom is 2.00 e. The van der Waals surface area contributed by atoms with Crippen molar-refractivity contribution in [3.63, 3.8) is 0 Å². The zero-order chi connectivity index (χ0) is 29.9. The summed E-state index contributed by atoms with van der Waals surface area (Å²) < 4.78 is 45.0. The number of carboxylic acids is 1. The molecule has 1 aromatic heterocycles. The average molecular weight is 620 g/mol. The molecule has 1 aliphatic rings. The van der Waals surface area contributed by atoms with E-state index in [0.29, 0.717) is 40.9 Å². The molecule has 220 valence electrons. The first-order chi connectivity index (χ1) is 20.2. The van der Waals surface area contributed by atoms with Crippen LogP contribution in [0.1, 0.15) is 22.1 Å². The number of benzene rings is 3. The van der Waals surface area contributed by atoms with Crippen LogP contribution in [0.25, 0.3) is 10.9 Å². The fraction of sp³-hybridized carbons (Fsp3) is 0.200. The third kappa shape index (κ3) is 7.32. The molecule has 3 N–H and O–H groups in total. The van der Waals surface area contributed by atoms with Crippen LogP contribution in [0, 0.1) is 17.0 Å². The molecule has 1 fully saturated rings. The van der Waals surface area contributed by atoms with Gasteiger partial charge in [-0.3, -0.25) is 19.4 Å². The second-order valence-corrected chi connectivity index (χ2v) is 9.57. The number of methoxy groups -OCH3 is 1. The van der Waals surface area contributed by atoms with Crippen molar-refractivity contribution >= 4 is 77.8 Å². The molecule has 1 heterocycles. The molecule has 1 aliphatic carbocycles. The van der Waals surface area contributed by atoms with E-state index >= 15 is 4.39 Å². The largest absolute Gasteiger partial charge is 2.00 e. The Bertz CT molecular complexity index is 1690. The van der Waals surface area contributed by atoms with Crippen LogP contribution >= 0.6 is 0 Å². The van der Waals surface area contributed by atoms with Crippen molar-refractivity contribution in [2.24, 2.45) is 5.41 Å². The smallest absolute Gasteiger partial charge is 1.00 e. The fourth-order valence-corrected chi connectivity index (χ4v) is 4.23. The van der Waals surface area contributed by atoms with Crippen LogP contribution < -0.4 is 24.8 Å². The number of anilines is 2. The first kappa shape index (κ1) is 31.9. The Morgan fingerprint density at radius 2 is 1.58 bits per heavy atom. The minimum atomic E-state index is -1.30. The second-order valence-electron chi connectivity index (χ2n) is 9.57. The van der Waals surface area contributed by atoms with Crippen molar-refractivity contribution in [2.75, 3.05) is 24.4 Å². The summed E-state index contributed by atoms with van der Waals surface area (Å²) >= 11 is 0. The molecule has 5 rings (SSSR count). The molecule has 10 nitrogen and oxygen atoms in total. The summed E-state index contributed by atoms with van der Waals surface area (Å²) in [7, 11) is 1.42. The van der Waals surface area contributed by atoms with Gasteiger partial charge in [0.15, 0.2) is 23.1 Å². The van der Waals surface area contributed by atoms with Gasteiger partial charge in [-0.2, -0.15) is 0 Å². The predicted molar refractivity (Wildman–Crippen MR) is 156 cm³/mol. The third-order valence-electron chi connectivity index (χ3n) is 6.69. The average Bonchev–Trinajstić information content (AvgIpc) is 3.78. The number of hydrogen-bond acceptors (Lipinski definition) is 7. The normalized spacial score (nSPS) is 12.9. The van der Waals surface area contributed by atoms with E-state index in [1.807, 2.05) is 0 Å². The molecule has 43 heavy (non-hydrogen) atoms. The van der Waals surface area contributed by atoms with Gasteiger partial charge in [0.25, 0.3) is 0 Å². The van der Waals surface area contributed by atoms with E-state index in [1.165, 1.54) is 49.7 Å². The van der Waals surface area contributed by atoms with Crippen molar-refractivity contribution in [1.82, 2.24) is 4.98 Å². The number of rotatable bonds is 11. The molecule has 3 aromatic carbocycles. The van der Waals surface area contributed by atoms with E-state index in [4.69, 9.17) is 19.3 Å². The molecule has 1 saturated carbocycles. The molecule has 0 aliphatic heterocycles. The third-order valence-corrected chi connectivity index (χ3v) is 6.69. The van der Waals surface area contributed by atoms with Gasteiger partial charge < -0.3 is 32.8 Å². The van der Waals surface area contributed by atoms with Gasteiger partial charge in [0, 0.05) is 35.1 Å². The number of nitrogens with zero attached hydrogens (tertiary/aromatic N) is 1. The van der Waals surface area contributed by atoms with E-state index in [1.54, 1.807) is 18.2 Å². The molecular formula is C30H27CaF2N3O7. The molecule has 0 unspecified atom stereocenters. The van der Waals surface area contributed by atoms with E-state index < -0.39 is 34.8 Å². The zero-order valence-corrected chi connectivity index (χ0v) is 25.2. The Morgan fingerprint density at radius 3 is 2.21 bits per heavy atom. The summed E-state index contributed by atoms with van der Waals surface area (Å²) in [6.07, 6.45) is 1.91. The Labute approximate surface area is 277 Å². The van der Waals surface area contributed by atoms with Crippen molar-refractivity contribution < 1.29 is 45.3 Å². The molecule has 4 aromatic rings. The summed E-state index contributed by atoms with van der Waals surface area (Å²) in [6, 6.07) is 13.8. The number of amides is 2. The van der Waals surface area contributed by atoms with Crippen LogP contribution in [0.4, 0.5) is 20.2 Å². The molecule has 0 atom stereocenters. The maximum absolute atomic E-state index is 15.1. The zero-order valence-electron chi connectivity index (χ0n) is 25.0. The van der Waals surface area contributed by atoms with Gasteiger partial charge in [-0.25, -0.2) is 8.78 Å². The first-order valence-electron chi connectivity index (χ1n) is 12.9. The van der Waals surface area contributed by atoms with Gasteiger partial charge in [0.2, 0.25) is 11.8 Å². The Morgan fingerprint density at radius 1 is 0.907 bits per heavy atom. The summed E-state index contributed by atoms with van der Waals surface area (Å²) in [5.74, 6) is -2.59. The quantitative estimate of drug-likeness (QED) is 0.151. The molecule has 0 saturated heterocycles. The van der Waals surface area contributed by atoms with Gasteiger partial charge in [0.1, 0.15) is 17.0 Å². The summed E-state index contributed by atoms with van der Waals surface area (Å²) in [5.41, 5.74) is -0.367. The number of hydrogen-bond donors (Lipinski definition) is 3. The molecular weight excluding hydrogens is 592 g/mol. The van der Waals surface area contributed by atoms with Crippen LogP contribution in [-0.4, -0.2) is 79.3 Å². The van der Waals surface area contributed by atoms with E-state index in [9.17, 15) is 18.8 Å². The number of carbonyl (C=O) groups excluding carboxylic acids is 2. The van der Waals surface area contributed by atoms with Gasteiger partial charge in [-0.05, 0) is 61.4 Å². The van der Waals surface area contributed by atoms with E-state index in [-0.39, 0.29) is 70.8 Å². The second kappa shape index (κ2) is 13.5. The van der Waals surface area contributed by atoms with Crippen LogP contribution in [0.5, 0.6) is 23.0 Å². The van der Waals surface area contributed by atoms with Gasteiger partial charge in [-0.1, -0.05) is 0 Å². The van der Waals surface area contributed by atoms with Gasteiger partial charge in [-0.15, -0.1) is 0 Å². The maximum atomic E-state index is 15.1. The Kier molecular flexibility index (Phi) is 10.0. The minimum absolute atomic E-state index is 0. The summed E-state index contributed by atoms with van der Waals surface area (Å²) in [4.78, 5) is 40.8. The van der Waals surface area contributed by atoms with Crippen molar-refractivity contribution in [2.45, 2.75) is 19.3 Å². The molecule has 0 spiro atoms. The fourth-order valence-electron chi connectivity index (χ4n) is 4.23. The monoisotopic (exact) mass is 619 g/mol. The number of aromatic nitrogens is 1. The molecule has 2 amide bonds. The van der Waals surface area contributed by atoms with Gasteiger partial charge in [0.05, 0.1) is 25.7 Å². The van der Waals surface area contributed by atoms with Crippen molar-refractivity contribution in [1.29, 1.82) is 0 Å². The number of carboxylic acid groups (broad SMARTS) is 1. The number of pyridine rings is 1. The number of carbonyl (C=O) groups is 3. The number of halogens is 2. The van der Waals surface area contributed by atoms with Crippen molar-refractivity contribution in [3.8, 4) is 23.0 Å². The van der Waals surface area contributed by atoms with Crippen LogP contribution in [-0.2, 0) is 14.4 Å². The summed E-state index contributed by atoms with van der Waals surface area (Å²) in [6.45, 7) is -0.0679. The molecule has 0 bridgehead atoms. The van der Waals surface area contributed by atoms with Crippen LogP contribution in [0.3, 0.4) is 0 Å². The summed E-state index contributed by atoms with van der Waals surface area (Å²) in [5, 5.41) is 14.5. The van der Waals surface area contributed by atoms with Crippen LogP contribution in [0.2, 0.25) is 0 Å². The van der Waals surface area contributed by atoms with E-state index in [0.717, 1.165) is 6.07 Å². The topological polar surface area (TPSA) is 136 Å². The molecule has 0 radical (unpaired) electrons. The number of fused-ring (bicyclic) bond motifs is 1. The molecule has 13 heteroatoms. The van der Waals surface area contributed by atoms with Crippen LogP contribution in [0.15, 0.2) is 66.9 Å². The minimum Gasteiger partial charge on any atom is -1.00 e. The Hall–Kier alpha value is -4.00. The number of aliphatic carboxylic acids is 1. The predicted octanol–water partition coefficient (Wildman–Crippen LogP) is 5.37. The van der Waals surface area contributed by atoms with Gasteiger partial charge >= 0.3 is 43.7 Å². The van der Waals surface area contributed by atoms with E-state index in [2.05, 4.69) is 15.6 Å². The van der Waals surface area contributed by atoms with Crippen molar-refractivity contribution in [3.05, 3.63) is 78.5 Å².